The molecule has 6 heteroatoms. The van der Waals surface area contributed by atoms with Crippen LogP contribution in [0.15, 0.2) is 24.3 Å². The van der Waals surface area contributed by atoms with E-state index in [1.54, 1.807) is 6.92 Å². The lowest BCUT2D eigenvalue weighted by Gasteiger charge is -2.22. The van der Waals surface area contributed by atoms with Crippen LogP contribution in [-0.2, 0) is 16.8 Å². The minimum absolute atomic E-state index is 0.0465. The van der Waals surface area contributed by atoms with Crippen molar-refractivity contribution in [2.24, 2.45) is 5.92 Å². The van der Waals surface area contributed by atoms with Crippen LogP contribution >= 0.6 is 23.2 Å². The van der Waals surface area contributed by atoms with Gasteiger partial charge in [-0.05, 0) is 30.9 Å². The van der Waals surface area contributed by atoms with Crippen molar-refractivity contribution < 1.29 is 9.59 Å². The molecule has 1 saturated heterocycles. The first-order valence-electron chi connectivity index (χ1n) is 7.89. The molecule has 0 unspecified atom stereocenters. The Morgan fingerprint density at radius 3 is 2.39 bits per heavy atom. The molecule has 1 N–H and O–H groups in total. The minimum atomic E-state index is -1.03. The number of amides is 3. The predicted molar refractivity (Wildman–Crippen MR) is 90.6 cm³/mol. The number of halogens is 2. The van der Waals surface area contributed by atoms with Gasteiger partial charge in [-0.3, -0.25) is 9.69 Å². The van der Waals surface area contributed by atoms with E-state index in [1.165, 1.54) is 10.5 Å². The lowest BCUT2D eigenvalue weighted by Crippen LogP contribution is -2.41. The number of aryl methyl sites for hydroxylation is 1. The fourth-order valence-corrected chi connectivity index (χ4v) is 3.55. The smallest absolute Gasteiger partial charge is 0.319 e. The summed E-state index contributed by atoms with van der Waals surface area (Å²) >= 11 is 12.0. The number of alkyl halides is 2. The number of rotatable bonds is 5. The zero-order valence-electron chi connectivity index (χ0n) is 13.2. The molecular weight excluding hydrogens is 335 g/mol. The molecule has 1 aromatic rings. The van der Waals surface area contributed by atoms with E-state index in [4.69, 9.17) is 23.2 Å². The average Bonchev–Trinajstić information content (AvgIpc) is 3.04. The highest BCUT2D eigenvalue weighted by Gasteiger charge is 2.56. The summed E-state index contributed by atoms with van der Waals surface area (Å²) < 4.78 is -0.804. The number of nitrogens with one attached hydrogen (secondary N) is 1. The van der Waals surface area contributed by atoms with E-state index in [2.05, 4.69) is 12.2 Å². The molecule has 3 amide bonds. The molecule has 2 aliphatic rings. The number of carbonyl (C=O) groups is 2. The van der Waals surface area contributed by atoms with Crippen molar-refractivity contribution in [1.29, 1.82) is 0 Å². The van der Waals surface area contributed by atoms with Gasteiger partial charge >= 0.3 is 6.03 Å². The number of nitrogens with zero attached hydrogens (tertiary/aromatic N) is 1. The van der Waals surface area contributed by atoms with E-state index in [0.29, 0.717) is 6.42 Å². The van der Waals surface area contributed by atoms with Crippen molar-refractivity contribution in [2.75, 3.05) is 6.54 Å². The van der Waals surface area contributed by atoms with Gasteiger partial charge < -0.3 is 5.32 Å². The third-order valence-electron chi connectivity index (χ3n) is 4.70. The molecule has 1 aromatic carbocycles. The zero-order valence-corrected chi connectivity index (χ0v) is 14.7. The van der Waals surface area contributed by atoms with Crippen molar-refractivity contribution in [3.05, 3.63) is 35.4 Å². The molecule has 0 spiro atoms. The number of benzene rings is 1. The highest BCUT2D eigenvalue weighted by atomic mass is 35.5. The lowest BCUT2D eigenvalue weighted by molar-refractivity contribution is -0.131. The van der Waals surface area contributed by atoms with Crippen LogP contribution < -0.4 is 5.32 Å². The molecule has 2 fully saturated rings. The Hall–Kier alpha value is -1.26. The SMILES string of the molecule is CCCc1ccc([C@@]2(C)NC(=O)N(C[C@@H]3CC3(Cl)Cl)C2=O)cc1. The Kier molecular flexibility index (Phi) is 4.09. The first-order chi connectivity index (χ1) is 10.8. The van der Waals surface area contributed by atoms with Crippen molar-refractivity contribution in [3.63, 3.8) is 0 Å². The second-order valence-corrected chi connectivity index (χ2v) is 8.12. The van der Waals surface area contributed by atoms with Gasteiger partial charge in [0.05, 0.1) is 0 Å². The molecular formula is C17H20Cl2N2O2. The molecule has 0 bridgehead atoms. The summed E-state index contributed by atoms with van der Waals surface area (Å²) in [6, 6.07) is 7.46. The van der Waals surface area contributed by atoms with Crippen LogP contribution in [0.1, 0.15) is 37.8 Å². The molecule has 1 aliphatic carbocycles. The third kappa shape index (κ3) is 2.94. The van der Waals surface area contributed by atoms with Gasteiger partial charge in [-0.2, -0.15) is 0 Å². The average molecular weight is 355 g/mol. The van der Waals surface area contributed by atoms with Crippen molar-refractivity contribution in [3.8, 4) is 0 Å². The number of hydrogen-bond donors (Lipinski definition) is 1. The number of hydrogen-bond acceptors (Lipinski definition) is 2. The third-order valence-corrected chi connectivity index (χ3v) is 5.63. The predicted octanol–water partition coefficient (Wildman–Crippen LogP) is 3.60. The van der Waals surface area contributed by atoms with Crippen LogP contribution in [-0.4, -0.2) is 27.7 Å². The summed E-state index contributed by atoms with van der Waals surface area (Å²) in [5, 5.41) is 2.81. The fraction of sp³-hybridized carbons (Fsp3) is 0.529. The van der Waals surface area contributed by atoms with Gasteiger partial charge in [0.25, 0.3) is 5.91 Å². The molecule has 1 saturated carbocycles. The summed E-state index contributed by atoms with van der Waals surface area (Å²) in [7, 11) is 0. The summed E-state index contributed by atoms with van der Waals surface area (Å²) in [5.74, 6) is -0.295. The van der Waals surface area contributed by atoms with Gasteiger partial charge in [0.1, 0.15) is 9.87 Å². The van der Waals surface area contributed by atoms with Gasteiger partial charge in [-0.1, -0.05) is 37.6 Å². The van der Waals surface area contributed by atoms with E-state index in [0.717, 1.165) is 18.4 Å². The minimum Gasteiger partial charge on any atom is -0.319 e. The Bertz CT molecular complexity index is 644. The summed E-state index contributed by atoms with van der Waals surface area (Å²) in [6.07, 6.45) is 2.67. The molecule has 3 rings (SSSR count). The van der Waals surface area contributed by atoms with E-state index in [-0.39, 0.29) is 24.4 Å². The van der Waals surface area contributed by atoms with Gasteiger partial charge in [-0.25, -0.2) is 4.79 Å². The molecule has 23 heavy (non-hydrogen) atoms. The second-order valence-electron chi connectivity index (χ2n) is 6.58. The lowest BCUT2D eigenvalue weighted by atomic mass is 9.91. The van der Waals surface area contributed by atoms with Crippen LogP contribution in [0, 0.1) is 5.92 Å². The Morgan fingerprint density at radius 2 is 1.87 bits per heavy atom. The molecule has 4 nitrogen and oxygen atoms in total. The van der Waals surface area contributed by atoms with Crippen molar-refractivity contribution in [2.45, 2.75) is 43.0 Å². The van der Waals surface area contributed by atoms with Crippen LogP contribution in [0.4, 0.5) is 4.79 Å². The molecule has 1 heterocycles. The second kappa shape index (κ2) is 5.67. The largest absolute Gasteiger partial charge is 0.325 e. The zero-order chi connectivity index (χ0) is 16.8. The fourth-order valence-electron chi connectivity index (χ4n) is 3.04. The number of urea groups is 1. The molecule has 0 aromatic heterocycles. The molecule has 124 valence electrons. The van der Waals surface area contributed by atoms with Crippen molar-refractivity contribution >= 4 is 35.1 Å². The topological polar surface area (TPSA) is 49.4 Å². The normalized spacial score (nSPS) is 28.9. The van der Waals surface area contributed by atoms with Gasteiger partial charge in [-0.15, -0.1) is 23.2 Å². The number of imide groups is 1. The maximum absolute atomic E-state index is 12.8. The highest BCUT2D eigenvalue weighted by Crippen LogP contribution is 2.53. The maximum Gasteiger partial charge on any atom is 0.325 e. The van der Waals surface area contributed by atoms with Gasteiger partial charge in [0.15, 0.2) is 0 Å². The van der Waals surface area contributed by atoms with Crippen LogP contribution in [0.5, 0.6) is 0 Å². The van der Waals surface area contributed by atoms with Gasteiger partial charge in [0, 0.05) is 12.5 Å². The maximum atomic E-state index is 12.8. The monoisotopic (exact) mass is 354 g/mol. The van der Waals surface area contributed by atoms with Gasteiger partial charge in [0.2, 0.25) is 0 Å². The number of carbonyl (C=O) groups excluding carboxylic acids is 2. The Balaban J connectivity index is 1.79. The first-order valence-corrected chi connectivity index (χ1v) is 8.65. The van der Waals surface area contributed by atoms with Crippen LogP contribution in [0.3, 0.4) is 0 Å². The van der Waals surface area contributed by atoms with Crippen LogP contribution in [0.2, 0.25) is 0 Å². The first kappa shape index (κ1) is 16.6. The Labute approximate surface area is 146 Å². The van der Waals surface area contributed by atoms with E-state index in [9.17, 15) is 9.59 Å². The van der Waals surface area contributed by atoms with E-state index in [1.807, 2.05) is 24.3 Å². The standard InChI is InChI=1S/C17H20Cl2N2O2/c1-3-4-11-5-7-12(8-6-11)16(2)14(22)21(15(23)20-16)10-13-9-17(13,18)19/h5-8,13H,3-4,9-10H2,1-2H3,(H,20,23)/t13-,16+/m0/s1. The van der Waals surface area contributed by atoms with E-state index < -0.39 is 9.87 Å². The summed E-state index contributed by atoms with van der Waals surface area (Å²) in [5.41, 5.74) is 0.982. The van der Waals surface area contributed by atoms with Crippen LogP contribution in [0.25, 0.3) is 0 Å². The quantitative estimate of drug-likeness (QED) is 0.648. The van der Waals surface area contributed by atoms with E-state index >= 15 is 0 Å². The summed E-state index contributed by atoms with van der Waals surface area (Å²) in [4.78, 5) is 26.2. The summed E-state index contributed by atoms with van der Waals surface area (Å²) in [6.45, 7) is 4.13. The molecule has 2 atom stereocenters. The molecule has 1 aliphatic heterocycles. The Morgan fingerprint density at radius 1 is 1.26 bits per heavy atom. The van der Waals surface area contributed by atoms with Crippen molar-refractivity contribution in [1.82, 2.24) is 10.2 Å². The highest BCUT2D eigenvalue weighted by molar-refractivity contribution is 6.50. The molecule has 0 radical (unpaired) electrons.